The minimum absolute atomic E-state index is 0.412. The molecule has 3 aliphatic rings. The van der Waals surface area contributed by atoms with E-state index in [0.29, 0.717) is 0 Å². The molecule has 12 rings (SSSR count). The Morgan fingerprint density at radius 3 is 1.58 bits per heavy atom. The number of rotatable bonds is 5. The van der Waals surface area contributed by atoms with Crippen molar-refractivity contribution in [2.45, 2.75) is 11.6 Å². The van der Waals surface area contributed by atoms with Crippen LogP contribution in [0.3, 0.4) is 0 Å². The summed E-state index contributed by atoms with van der Waals surface area (Å²) >= 11 is 0. The summed E-state index contributed by atoms with van der Waals surface area (Å²) in [5.74, 6) is 1.61. The maximum absolute atomic E-state index is 5.36. The number of nitrogens with zero attached hydrogens (tertiary/aromatic N) is 2. The summed E-state index contributed by atoms with van der Waals surface area (Å²) < 4.78 is 0. The van der Waals surface area contributed by atoms with Crippen molar-refractivity contribution in [3.8, 4) is 33.4 Å². The van der Waals surface area contributed by atoms with Crippen molar-refractivity contribution in [1.29, 1.82) is 0 Å². The van der Waals surface area contributed by atoms with Gasteiger partial charge in [0.25, 0.3) is 0 Å². The van der Waals surface area contributed by atoms with Crippen LogP contribution < -0.4 is 5.32 Å². The summed E-state index contributed by atoms with van der Waals surface area (Å²) in [7, 11) is 0. The summed E-state index contributed by atoms with van der Waals surface area (Å²) in [6, 6.07) is 72.7. The van der Waals surface area contributed by atoms with Crippen LogP contribution in [0.1, 0.15) is 45.1 Å². The molecule has 1 atom stereocenters. The van der Waals surface area contributed by atoms with Gasteiger partial charge in [0.15, 0.2) is 6.17 Å². The molecule has 266 valence electrons. The highest BCUT2D eigenvalue weighted by atomic mass is 15.2. The molecule has 9 aromatic carbocycles. The van der Waals surface area contributed by atoms with Crippen LogP contribution in [0, 0.1) is 0 Å². The molecule has 0 aromatic heterocycles. The van der Waals surface area contributed by atoms with Gasteiger partial charge in [-0.15, -0.1) is 0 Å². The summed E-state index contributed by atoms with van der Waals surface area (Å²) in [6.07, 6.45) is -0.412. The van der Waals surface area contributed by atoms with Crippen LogP contribution in [0.5, 0.6) is 0 Å². The van der Waals surface area contributed by atoms with Gasteiger partial charge in [0.1, 0.15) is 11.7 Å². The number of nitrogens with one attached hydrogen (secondary N) is 1. The van der Waals surface area contributed by atoms with E-state index in [4.69, 9.17) is 9.98 Å². The van der Waals surface area contributed by atoms with Crippen LogP contribution in [0.25, 0.3) is 54.9 Å². The standard InChI is InChI=1S/C54H35N3/c1-3-13-34(14-4-1)35-25-29-39(30-26-35)52-55-51(38-15-5-2-6-16-38)56-53(57-52)44-21-8-7-19-41(44)40-31-32-43-42-20-9-10-22-45(42)54(48(43)33-40)46-23-11-17-36-27-28-37-18-12-24-47(54)50(37)49(36)46/h1-33,52H,(H,55,56,57). The maximum Gasteiger partial charge on any atom is 0.169 e. The Morgan fingerprint density at radius 1 is 0.351 bits per heavy atom. The second-order valence-electron chi connectivity index (χ2n) is 15.3. The molecule has 1 aliphatic heterocycles. The van der Waals surface area contributed by atoms with Crippen LogP contribution in [0.15, 0.2) is 210 Å². The molecule has 2 aliphatic carbocycles. The Bertz CT molecular complexity index is 3080. The van der Waals surface area contributed by atoms with Gasteiger partial charge in [-0.2, -0.15) is 0 Å². The lowest BCUT2D eigenvalue weighted by Gasteiger charge is -2.31. The molecule has 3 nitrogen and oxygen atoms in total. The predicted molar refractivity (Wildman–Crippen MR) is 235 cm³/mol. The zero-order valence-electron chi connectivity index (χ0n) is 31.0. The molecular formula is C54H35N3. The van der Waals surface area contributed by atoms with Gasteiger partial charge in [-0.05, 0) is 88.8 Å². The fourth-order valence-corrected chi connectivity index (χ4v) is 9.85. The van der Waals surface area contributed by atoms with Gasteiger partial charge in [0.05, 0.1) is 5.41 Å². The Kier molecular flexibility index (Phi) is 6.91. The average Bonchev–Trinajstić information content (AvgIpc) is 3.77. The largest absolute Gasteiger partial charge is 0.324 e. The number of fused-ring (bicyclic) bond motifs is 7. The molecule has 0 radical (unpaired) electrons. The lowest BCUT2D eigenvalue weighted by molar-refractivity contribution is 0.756. The number of hydrogen-bond acceptors (Lipinski definition) is 3. The lowest BCUT2D eigenvalue weighted by Crippen LogP contribution is -2.36. The molecule has 0 amide bonds. The molecule has 57 heavy (non-hydrogen) atoms. The highest BCUT2D eigenvalue weighted by molar-refractivity contribution is 6.19. The number of aliphatic imine (C=N–C) groups is 2. The molecule has 3 heteroatoms. The second kappa shape index (κ2) is 12.3. The molecule has 0 bridgehead atoms. The highest BCUT2D eigenvalue weighted by Gasteiger charge is 2.50. The number of hydrogen-bond donors (Lipinski definition) is 1. The Morgan fingerprint density at radius 2 is 0.877 bits per heavy atom. The summed E-state index contributed by atoms with van der Waals surface area (Å²) in [4.78, 5) is 10.6. The number of amidine groups is 2. The first-order valence-corrected chi connectivity index (χ1v) is 19.7. The molecule has 1 heterocycles. The molecule has 0 fully saturated rings. The monoisotopic (exact) mass is 725 g/mol. The summed E-state index contributed by atoms with van der Waals surface area (Å²) in [6.45, 7) is 0. The van der Waals surface area contributed by atoms with Crippen molar-refractivity contribution in [2.24, 2.45) is 9.98 Å². The third-order valence-electron chi connectivity index (χ3n) is 12.3. The second-order valence-corrected chi connectivity index (χ2v) is 15.3. The molecular weight excluding hydrogens is 691 g/mol. The fraction of sp³-hybridized carbons (Fsp3) is 0.0370. The smallest absolute Gasteiger partial charge is 0.169 e. The quantitative estimate of drug-likeness (QED) is 0.176. The molecule has 1 unspecified atom stereocenters. The molecule has 0 saturated carbocycles. The van der Waals surface area contributed by atoms with Crippen molar-refractivity contribution in [1.82, 2.24) is 5.32 Å². The minimum Gasteiger partial charge on any atom is -0.324 e. The van der Waals surface area contributed by atoms with E-state index in [1.165, 1.54) is 66.1 Å². The van der Waals surface area contributed by atoms with E-state index in [1.54, 1.807) is 0 Å². The van der Waals surface area contributed by atoms with E-state index in [0.717, 1.165) is 39.5 Å². The third kappa shape index (κ3) is 4.66. The van der Waals surface area contributed by atoms with Crippen molar-refractivity contribution in [3.05, 3.63) is 239 Å². The van der Waals surface area contributed by atoms with Gasteiger partial charge >= 0.3 is 0 Å². The lowest BCUT2D eigenvalue weighted by atomic mass is 9.70. The molecule has 1 N–H and O–H groups in total. The zero-order valence-corrected chi connectivity index (χ0v) is 31.0. The topological polar surface area (TPSA) is 36.8 Å². The molecule has 9 aromatic rings. The Balaban J connectivity index is 1.02. The first-order chi connectivity index (χ1) is 28.3. The van der Waals surface area contributed by atoms with Crippen molar-refractivity contribution in [2.75, 3.05) is 0 Å². The minimum atomic E-state index is -0.426. The van der Waals surface area contributed by atoms with Gasteiger partial charge in [-0.3, -0.25) is 0 Å². The third-order valence-corrected chi connectivity index (χ3v) is 12.3. The first-order valence-electron chi connectivity index (χ1n) is 19.7. The summed E-state index contributed by atoms with van der Waals surface area (Å²) in [5.41, 5.74) is 15.3. The van der Waals surface area contributed by atoms with Gasteiger partial charge in [0, 0.05) is 11.1 Å². The van der Waals surface area contributed by atoms with E-state index in [-0.39, 0.29) is 0 Å². The van der Waals surface area contributed by atoms with Crippen LogP contribution >= 0.6 is 0 Å². The Hall–Kier alpha value is -7.36. The van der Waals surface area contributed by atoms with Gasteiger partial charge in [-0.1, -0.05) is 194 Å². The van der Waals surface area contributed by atoms with E-state index in [2.05, 4.69) is 199 Å². The number of benzene rings is 9. The van der Waals surface area contributed by atoms with E-state index >= 15 is 0 Å². The van der Waals surface area contributed by atoms with Gasteiger partial charge in [0.2, 0.25) is 0 Å². The maximum atomic E-state index is 5.36. The van der Waals surface area contributed by atoms with Gasteiger partial charge < -0.3 is 5.32 Å². The fourth-order valence-electron chi connectivity index (χ4n) is 9.85. The summed E-state index contributed by atoms with van der Waals surface area (Å²) in [5, 5.41) is 9.01. The van der Waals surface area contributed by atoms with E-state index < -0.39 is 11.6 Å². The van der Waals surface area contributed by atoms with Crippen molar-refractivity contribution >= 4 is 33.2 Å². The highest BCUT2D eigenvalue weighted by Crippen LogP contribution is 2.62. The molecule has 0 saturated heterocycles. The zero-order chi connectivity index (χ0) is 37.5. The van der Waals surface area contributed by atoms with Crippen LogP contribution in [-0.4, -0.2) is 11.7 Å². The molecule has 1 spiro atoms. The van der Waals surface area contributed by atoms with E-state index in [9.17, 15) is 0 Å². The van der Waals surface area contributed by atoms with Crippen LogP contribution in [0.2, 0.25) is 0 Å². The van der Waals surface area contributed by atoms with Crippen LogP contribution in [0.4, 0.5) is 0 Å². The average molecular weight is 726 g/mol. The predicted octanol–water partition coefficient (Wildman–Crippen LogP) is 12.5. The van der Waals surface area contributed by atoms with E-state index in [1.807, 2.05) is 6.07 Å². The SMILES string of the molecule is c1ccc(C2=NC(c3ccc(-c4ccccc4)cc3)N=C(c3ccccc3-c3ccc4c(c3)C3(c5ccccc5-4)c4cccc5ccc6cccc3c6c45)N2)cc1. The van der Waals surface area contributed by atoms with Crippen LogP contribution in [-0.2, 0) is 5.41 Å². The normalized spacial score (nSPS) is 15.7. The van der Waals surface area contributed by atoms with Crippen molar-refractivity contribution < 1.29 is 0 Å². The van der Waals surface area contributed by atoms with Gasteiger partial charge in [-0.25, -0.2) is 9.98 Å². The van der Waals surface area contributed by atoms with Crippen molar-refractivity contribution in [3.63, 3.8) is 0 Å². The Labute approximate surface area is 331 Å². The first kappa shape index (κ1) is 31.9.